The minimum atomic E-state index is 0. The molecule has 0 aliphatic rings. The molecule has 64 valence electrons. The quantitative estimate of drug-likeness (QED) is 0.736. The molecule has 0 aromatic heterocycles. The Kier molecular flexibility index (Phi) is 6.90. The molecule has 12 heavy (non-hydrogen) atoms. The van der Waals surface area contributed by atoms with Crippen LogP contribution in [0.1, 0.15) is 6.92 Å². The maximum absolute atomic E-state index is 5.06. The SMILES string of the molecule is Br.C[CH2][Mg][c]1ccc(OC)cc1. The van der Waals surface area contributed by atoms with E-state index in [1.54, 1.807) is 7.11 Å². The van der Waals surface area contributed by atoms with Crippen molar-refractivity contribution >= 4 is 41.0 Å². The van der Waals surface area contributed by atoms with E-state index < -0.39 is 0 Å². The van der Waals surface area contributed by atoms with Gasteiger partial charge in [0, 0.05) is 0 Å². The van der Waals surface area contributed by atoms with Gasteiger partial charge >= 0.3 is 20.4 Å². The second kappa shape index (κ2) is 6.75. The first-order valence-corrected chi connectivity index (χ1v) is 5.70. The van der Waals surface area contributed by atoms with Crippen LogP contribution in [0.4, 0.5) is 0 Å². The molecule has 0 N–H and O–H groups in total. The van der Waals surface area contributed by atoms with E-state index in [0.29, 0.717) is 0 Å². The Morgan fingerprint density at radius 1 is 1.25 bits per heavy atom. The van der Waals surface area contributed by atoms with Gasteiger partial charge in [-0.1, -0.05) is 19.1 Å². The number of hydrogen-bond acceptors (Lipinski definition) is 1. The number of halogens is 1. The summed E-state index contributed by atoms with van der Waals surface area (Å²) in [4.78, 5) is 0. The number of hydrogen-bond donors (Lipinski definition) is 0. The molecule has 0 heterocycles. The highest BCUT2D eigenvalue weighted by molar-refractivity contribution is 8.93. The van der Waals surface area contributed by atoms with E-state index in [2.05, 4.69) is 19.1 Å². The Balaban J connectivity index is 0.00000121. The molecule has 0 bridgehead atoms. The summed E-state index contributed by atoms with van der Waals surface area (Å²) in [6, 6.07) is 8.43. The van der Waals surface area contributed by atoms with E-state index in [1.807, 2.05) is 12.1 Å². The molecule has 0 aliphatic carbocycles. The van der Waals surface area contributed by atoms with Gasteiger partial charge in [-0.05, 0) is 12.1 Å². The minimum Gasteiger partial charge on any atom is -0.497 e. The van der Waals surface area contributed by atoms with Gasteiger partial charge in [-0.25, -0.2) is 0 Å². The van der Waals surface area contributed by atoms with Gasteiger partial charge in [0.05, 0.1) is 7.11 Å². The topological polar surface area (TPSA) is 9.23 Å². The van der Waals surface area contributed by atoms with E-state index >= 15 is 0 Å². The van der Waals surface area contributed by atoms with Crippen LogP contribution in [-0.2, 0) is 0 Å². The molecule has 1 rings (SSSR count). The first kappa shape index (κ1) is 12.3. The largest absolute Gasteiger partial charge is 0.497 e. The van der Waals surface area contributed by atoms with Crippen molar-refractivity contribution in [2.24, 2.45) is 0 Å². The van der Waals surface area contributed by atoms with Crippen LogP contribution in [0, 0.1) is 0 Å². The fourth-order valence-corrected chi connectivity index (χ4v) is 2.23. The molecule has 0 radical (unpaired) electrons. The van der Waals surface area contributed by atoms with Crippen LogP contribution in [0.3, 0.4) is 0 Å². The van der Waals surface area contributed by atoms with Crippen molar-refractivity contribution < 1.29 is 4.74 Å². The molecule has 0 spiro atoms. The lowest BCUT2D eigenvalue weighted by Gasteiger charge is -2.00. The van der Waals surface area contributed by atoms with Crippen molar-refractivity contribution in [3.8, 4) is 5.75 Å². The number of ether oxygens (including phenoxy) is 1. The standard InChI is InChI=1S/C7H7O.C2H5.BrH.Mg/c1-8-7-5-3-2-4-6-7;1-2;;/h3-6H,1H3;1H2,2H3;1H;. The first-order chi connectivity index (χ1) is 5.36. The summed E-state index contributed by atoms with van der Waals surface area (Å²) in [6.45, 7) is 2.25. The molecule has 1 aromatic carbocycles. The number of rotatable bonds is 3. The van der Waals surface area contributed by atoms with E-state index in [1.165, 1.54) is 8.24 Å². The summed E-state index contributed by atoms with van der Waals surface area (Å²) in [5.74, 6) is 0.957. The van der Waals surface area contributed by atoms with E-state index in [9.17, 15) is 0 Å². The van der Waals surface area contributed by atoms with E-state index in [-0.39, 0.29) is 37.3 Å². The third-order valence-electron chi connectivity index (χ3n) is 1.70. The van der Waals surface area contributed by atoms with E-state index in [4.69, 9.17) is 4.74 Å². The lowest BCUT2D eigenvalue weighted by Crippen LogP contribution is -2.11. The Bertz CT molecular complexity index is 210. The summed E-state index contributed by atoms with van der Waals surface area (Å²) in [5.41, 5.74) is 0. The monoisotopic (exact) mass is 240 g/mol. The van der Waals surface area contributed by atoms with Gasteiger partial charge < -0.3 is 4.74 Å². The summed E-state index contributed by atoms with van der Waals surface area (Å²) in [5, 5.41) is 0. The van der Waals surface area contributed by atoms with Crippen LogP contribution >= 0.6 is 17.0 Å². The Morgan fingerprint density at radius 2 is 1.83 bits per heavy atom. The molecule has 0 aliphatic heterocycles. The molecule has 1 aromatic rings. The normalized spacial score (nSPS) is 8.17. The van der Waals surface area contributed by atoms with Crippen molar-refractivity contribution in [3.05, 3.63) is 24.3 Å². The molecule has 0 unspecified atom stereocenters. The zero-order valence-electron chi connectivity index (χ0n) is 7.54. The smallest absolute Gasteiger partial charge is 0.408 e. The molecule has 1 nitrogen and oxygen atoms in total. The molecule has 0 amide bonds. The fourth-order valence-electron chi connectivity index (χ4n) is 1.08. The maximum Gasteiger partial charge on any atom is 0.408 e. The second-order valence-corrected chi connectivity index (χ2v) is 4.91. The molecule has 0 fully saturated rings. The van der Waals surface area contributed by atoms with Crippen LogP contribution in [-0.4, -0.2) is 27.5 Å². The van der Waals surface area contributed by atoms with Crippen molar-refractivity contribution in [2.75, 3.05) is 7.11 Å². The Hall–Kier alpha value is 0.266. The van der Waals surface area contributed by atoms with Gasteiger partial charge in [0.15, 0.2) is 0 Å². The third kappa shape index (κ3) is 3.78. The van der Waals surface area contributed by atoms with Gasteiger partial charge in [-0.2, -0.15) is 3.69 Å². The molecule has 0 saturated carbocycles. The predicted octanol–water partition coefficient (Wildman–Crippen LogP) is 2.04. The molecular weight excluding hydrogens is 228 g/mol. The van der Waals surface area contributed by atoms with Crippen molar-refractivity contribution in [1.29, 1.82) is 0 Å². The number of methoxy groups -OCH3 is 1. The molecule has 0 atom stereocenters. The number of benzene rings is 1. The van der Waals surface area contributed by atoms with Gasteiger partial charge in [0.25, 0.3) is 0 Å². The predicted molar refractivity (Wildman–Crippen MR) is 59.2 cm³/mol. The van der Waals surface area contributed by atoms with Gasteiger partial charge in [0.2, 0.25) is 0 Å². The zero-order chi connectivity index (χ0) is 8.10. The molecular formula is C9H13BrMgO. The lowest BCUT2D eigenvalue weighted by atomic mass is 10.3. The average molecular weight is 241 g/mol. The summed E-state index contributed by atoms with van der Waals surface area (Å²) in [6.07, 6.45) is 0. The second-order valence-electron chi connectivity index (χ2n) is 2.60. The van der Waals surface area contributed by atoms with Crippen LogP contribution in [0.5, 0.6) is 5.75 Å². The highest BCUT2D eigenvalue weighted by Gasteiger charge is 1.95. The Labute approximate surface area is 94.0 Å². The summed E-state index contributed by atoms with van der Waals surface area (Å²) >= 11 is 0.0198. The van der Waals surface area contributed by atoms with Crippen LogP contribution in [0.15, 0.2) is 24.3 Å². The van der Waals surface area contributed by atoms with Crippen molar-refractivity contribution in [1.82, 2.24) is 0 Å². The lowest BCUT2D eigenvalue weighted by molar-refractivity contribution is 0.415. The van der Waals surface area contributed by atoms with Crippen LogP contribution in [0.2, 0.25) is 4.55 Å². The molecule has 3 heteroatoms. The Morgan fingerprint density at radius 3 is 2.25 bits per heavy atom. The summed E-state index contributed by atoms with van der Waals surface area (Å²) in [7, 11) is 1.70. The zero-order valence-corrected chi connectivity index (χ0v) is 10.7. The van der Waals surface area contributed by atoms with E-state index in [0.717, 1.165) is 5.75 Å². The van der Waals surface area contributed by atoms with Gasteiger partial charge in [-0.3, -0.25) is 0 Å². The fraction of sp³-hybridized carbons (Fsp3) is 0.333. The third-order valence-corrected chi connectivity index (χ3v) is 3.25. The first-order valence-electron chi connectivity index (χ1n) is 3.99. The highest BCUT2D eigenvalue weighted by atomic mass is 79.9. The van der Waals surface area contributed by atoms with Crippen LogP contribution < -0.4 is 8.43 Å². The average Bonchev–Trinajstić information content (AvgIpc) is 2.07. The van der Waals surface area contributed by atoms with Crippen molar-refractivity contribution in [2.45, 2.75) is 11.5 Å². The van der Waals surface area contributed by atoms with Gasteiger partial charge in [0.1, 0.15) is 5.75 Å². The van der Waals surface area contributed by atoms with Gasteiger partial charge in [-0.15, -0.1) is 21.5 Å². The summed E-state index contributed by atoms with van der Waals surface area (Å²) < 4.78 is 7.92. The van der Waals surface area contributed by atoms with Crippen LogP contribution in [0.25, 0.3) is 0 Å². The molecule has 0 saturated heterocycles. The highest BCUT2D eigenvalue weighted by Crippen LogP contribution is 2.05. The van der Waals surface area contributed by atoms with Crippen molar-refractivity contribution in [3.63, 3.8) is 0 Å². The maximum atomic E-state index is 5.06. The minimum absolute atomic E-state index is 0.